The number of nitrogens with one attached hydrogen (secondary N) is 1. The van der Waals surface area contributed by atoms with Gasteiger partial charge in [-0.15, -0.1) is 0 Å². The minimum atomic E-state index is -0.332. The number of anilines is 2. The van der Waals surface area contributed by atoms with Crippen LogP contribution in [0.25, 0.3) is 10.2 Å². The molecule has 0 aliphatic carbocycles. The smallest absolute Gasteiger partial charge is 0.257 e. The third-order valence-electron chi connectivity index (χ3n) is 4.18. The van der Waals surface area contributed by atoms with Crippen LogP contribution in [0.4, 0.5) is 10.8 Å². The second kappa shape index (κ2) is 6.34. The maximum absolute atomic E-state index is 12.6. The van der Waals surface area contributed by atoms with E-state index in [1.807, 2.05) is 25.1 Å². The molecule has 1 aliphatic heterocycles. The Bertz CT molecular complexity index is 1040. The molecule has 0 radical (unpaired) electrons. The average Bonchev–Trinajstić information content (AvgIpc) is 3.16. The van der Waals surface area contributed by atoms with Gasteiger partial charge in [-0.2, -0.15) is 0 Å². The highest BCUT2D eigenvalue weighted by atomic mass is 32.1. The zero-order chi connectivity index (χ0) is 18.3. The predicted molar refractivity (Wildman–Crippen MR) is 100 cm³/mol. The number of rotatable bonds is 3. The van der Waals surface area contributed by atoms with Crippen molar-refractivity contribution in [1.29, 1.82) is 0 Å². The average molecular weight is 365 g/mol. The zero-order valence-electron chi connectivity index (χ0n) is 14.0. The Morgan fingerprint density at radius 2 is 1.88 bits per heavy atom. The molecule has 1 N–H and O–H groups in total. The van der Waals surface area contributed by atoms with Crippen molar-refractivity contribution in [1.82, 2.24) is 4.98 Å². The van der Waals surface area contributed by atoms with Crippen molar-refractivity contribution in [2.45, 2.75) is 19.8 Å². The Hall–Kier alpha value is -3.06. The highest BCUT2D eigenvalue weighted by Crippen LogP contribution is 2.28. The first-order valence-electron chi connectivity index (χ1n) is 8.16. The SMILES string of the molecule is Cc1ccc2nc(NC(=O)c3cccc(N4C(=O)CCC4=O)c3)sc2c1. The Balaban J connectivity index is 1.58. The van der Waals surface area contributed by atoms with Crippen LogP contribution in [0.5, 0.6) is 0 Å². The van der Waals surface area contributed by atoms with E-state index < -0.39 is 0 Å². The van der Waals surface area contributed by atoms with Crippen LogP contribution in [0.3, 0.4) is 0 Å². The Morgan fingerprint density at radius 3 is 2.65 bits per heavy atom. The van der Waals surface area contributed by atoms with Crippen molar-refractivity contribution < 1.29 is 14.4 Å². The quantitative estimate of drug-likeness (QED) is 0.721. The van der Waals surface area contributed by atoms with Gasteiger partial charge in [0.15, 0.2) is 5.13 Å². The number of hydrogen-bond donors (Lipinski definition) is 1. The highest BCUT2D eigenvalue weighted by molar-refractivity contribution is 7.22. The third kappa shape index (κ3) is 2.97. The molecule has 4 rings (SSSR count). The Morgan fingerprint density at radius 1 is 1.12 bits per heavy atom. The summed E-state index contributed by atoms with van der Waals surface area (Å²) >= 11 is 1.40. The van der Waals surface area contributed by atoms with E-state index >= 15 is 0 Å². The maximum Gasteiger partial charge on any atom is 0.257 e. The number of benzene rings is 2. The molecule has 1 aliphatic rings. The lowest BCUT2D eigenvalue weighted by atomic mass is 10.2. The van der Waals surface area contributed by atoms with Crippen molar-refractivity contribution in [2.75, 3.05) is 10.2 Å². The van der Waals surface area contributed by atoms with E-state index in [9.17, 15) is 14.4 Å². The van der Waals surface area contributed by atoms with Crippen molar-refractivity contribution >= 4 is 50.1 Å². The van der Waals surface area contributed by atoms with Crippen LogP contribution in [-0.4, -0.2) is 22.7 Å². The van der Waals surface area contributed by atoms with Crippen LogP contribution in [0.1, 0.15) is 28.8 Å². The van der Waals surface area contributed by atoms with E-state index in [4.69, 9.17) is 0 Å². The number of hydrogen-bond acceptors (Lipinski definition) is 5. The van der Waals surface area contributed by atoms with Crippen LogP contribution >= 0.6 is 11.3 Å². The molecular formula is C19H15N3O3S. The highest BCUT2D eigenvalue weighted by Gasteiger charge is 2.30. The molecule has 3 amide bonds. The number of amides is 3. The van der Waals surface area contributed by atoms with Gasteiger partial charge < -0.3 is 0 Å². The molecule has 0 atom stereocenters. The van der Waals surface area contributed by atoms with Crippen LogP contribution < -0.4 is 10.2 Å². The van der Waals surface area contributed by atoms with E-state index in [2.05, 4.69) is 10.3 Å². The van der Waals surface area contributed by atoms with Crippen molar-refractivity contribution in [3.05, 3.63) is 53.6 Å². The second-order valence-corrected chi connectivity index (χ2v) is 7.15. The summed E-state index contributed by atoms with van der Waals surface area (Å²) in [6.07, 6.45) is 0.417. The molecular weight excluding hydrogens is 350 g/mol. The Labute approximate surface area is 153 Å². The third-order valence-corrected chi connectivity index (χ3v) is 5.12. The van der Waals surface area contributed by atoms with E-state index in [1.54, 1.807) is 24.3 Å². The number of aryl methyl sites for hydroxylation is 1. The molecule has 0 bridgehead atoms. The molecule has 0 saturated carbocycles. The van der Waals surface area contributed by atoms with Crippen LogP contribution in [0.2, 0.25) is 0 Å². The molecule has 0 unspecified atom stereocenters. The van der Waals surface area contributed by atoms with E-state index in [-0.39, 0.29) is 30.6 Å². The van der Waals surface area contributed by atoms with Gasteiger partial charge >= 0.3 is 0 Å². The normalized spacial score (nSPS) is 14.3. The van der Waals surface area contributed by atoms with Crippen molar-refractivity contribution in [3.63, 3.8) is 0 Å². The van der Waals surface area contributed by atoms with E-state index in [0.29, 0.717) is 16.4 Å². The first-order valence-corrected chi connectivity index (χ1v) is 8.97. The maximum atomic E-state index is 12.6. The molecule has 26 heavy (non-hydrogen) atoms. The van der Waals surface area contributed by atoms with Gasteiger partial charge in [0.1, 0.15) is 0 Å². The number of carbonyl (C=O) groups is 3. The second-order valence-electron chi connectivity index (χ2n) is 6.12. The largest absolute Gasteiger partial charge is 0.298 e. The first-order chi connectivity index (χ1) is 12.5. The summed E-state index contributed by atoms with van der Waals surface area (Å²) in [5, 5.41) is 3.30. The van der Waals surface area contributed by atoms with Crippen LogP contribution in [0.15, 0.2) is 42.5 Å². The van der Waals surface area contributed by atoms with Crippen LogP contribution in [0, 0.1) is 6.92 Å². The number of imide groups is 1. The van der Waals surface area contributed by atoms with Gasteiger partial charge in [0, 0.05) is 18.4 Å². The van der Waals surface area contributed by atoms with E-state index in [0.717, 1.165) is 20.7 Å². The molecule has 1 fully saturated rings. The van der Waals surface area contributed by atoms with Gasteiger partial charge in [-0.3, -0.25) is 24.6 Å². The first kappa shape index (κ1) is 16.4. The van der Waals surface area contributed by atoms with Gasteiger partial charge in [-0.1, -0.05) is 23.5 Å². The summed E-state index contributed by atoms with van der Waals surface area (Å²) in [6, 6.07) is 12.4. The van der Waals surface area contributed by atoms with Crippen molar-refractivity contribution in [2.24, 2.45) is 0 Å². The minimum Gasteiger partial charge on any atom is -0.298 e. The van der Waals surface area contributed by atoms with Crippen molar-refractivity contribution in [3.8, 4) is 0 Å². The van der Waals surface area contributed by atoms with Gasteiger partial charge in [0.25, 0.3) is 5.91 Å². The standard InChI is InChI=1S/C19H15N3O3S/c1-11-5-6-14-15(9-11)26-19(20-14)21-18(25)12-3-2-4-13(10-12)22-16(23)7-8-17(22)24/h2-6,9-10H,7-8H2,1H3,(H,20,21,25). The lowest BCUT2D eigenvalue weighted by molar-refractivity contribution is -0.121. The molecule has 130 valence electrons. The lowest BCUT2D eigenvalue weighted by Gasteiger charge is -2.14. The number of aromatic nitrogens is 1. The summed E-state index contributed by atoms with van der Waals surface area (Å²) in [5.74, 6) is -0.815. The fourth-order valence-electron chi connectivity index (χ4n) is 2.91. The van der Waals surface area contributed by atoms with E-state index in [1.165, 1.54) is 11.3 Å². The summed E-state index contributed by atoms with van der Waals surface area (Å²) < 4.78 is 1.00. The fraction of sp³-hybridized carbons (Fsp3) is 0.158. The molecule has 6 nitrogen and oxygen atoms in total. The molecule has 1 aromatic heterocycles. The van der Waals surface area contributed by atoms with Crippen LogP contribution in [-0.2, 0) is 9.59 Å². The Kier molecular flexibility index (Phi) is 4.00. The molecule has 1 saturated heterocycles. The zero-order valence-corrected chi connectivity index (χ0v) is 14.8. The van der Waals surface area contributed by atoms with Gasteiger partial charge in [-0.05, 0) is 42.8 Å². The lowest BCUT2D eigenvalue weighted by Crippen LogP contribution is -2.28. The van der Waals surface area contributed by atoms with Gasteiger partial charge in [0.2, 0.25) is 11.8 Å². The number of fused-ring (bicyclic) bond motifs is 1. The molecule has 2 heterocycles. The molecule has 0 spiro atoms. The summed E-state index contributed by atoms with van der Waals surface area (Å²) in [7, 11) is 0. The predicted octanol–water partition coefficient (Wildman–Crippen LogP) is 3.51. The van der Waals surface area contributed by atoms with Gasteiger partial charge in [-0.25, -0.2) is 4.98 Å². The number of thiazole rings is 1. The summed E-state index contributed by atoms with van der Waals surface area (Å²) in [6.45, 7) is 2.00. The topological polar surface area (TPSA) is 79.4 Å². The number of nitrogens with zero attached hydrogens (tertiary/aromatic N) is 2. The molecule has 2 aromatic carbocycles. The monoisotopic (exact) mass is 365 g/mol. The molecule has 7 heteroatoms. The minimum absolute atomic E-state index is 0.209. The number of carbonyl (C=O) groups excluding carboxylic acids is 3. The summed E-state index contributed by atoms with van der Waals surface area (Å²) in [4.78, 5) is 41.9. The van der Waals surface area contributed by atoms with Gasteiger partial charge in [0.05, 0.1) is 15.9 Å². The fourth-order valence-corrected chi connectivity index (χ4v) is 3.86. The summed E-state index contributed by atoms with van der Waals surface area (Å²) in [5.41, 5.74) is 2.75. The molecule has 3 aromatic rings.